The molecule has 3 N–H and O–H groups in total. The van der Waals surface area contributed by atoms with Crippen molar-refractivity contribution in [1.82, 2.24) is 20.6 Å². The summed E-state index contributed by atoms with van der Waals surface area (Å²) in [5.41, 5.74) is 2.16. The van der Waals surface area contributed by atoms with E-state index >= 15 is 4.39 Å². The average Bonchev–Trinajstić information content (AvgIpc) is 3.74. The predicted octanol–water partition coefficient (Wildman–Crippen LogP) is 5.12. The van der Waals surface area contributed by atoms with Crippen molar-refractivity contribution in [2.75, 3.05) is 6.54 Å². The van der Waals surface area contributed by atoms with Crippen molar-refractivity contribution >= 4 is 57.8 Å². The van der Waals surface area contributed by atoms with E-state index in [1.807, 2.05) is 47.3 Å². The van der Waals surface area contributed by atoms with Crippen molar-refractivity contribution in [3.63, 3.8) is 0 Å². The second kappa shape index (κ2) is 16.3. The quantitative estimate of drug-likeness (QED) is 0.258. The topological polar surface area (TPSA) is 138 Å². The first-order valence-electron chi connectivity index (χ1n) is 13.7. The molecule has 2 amide bonds. The fourth-order valence-electron chi connectivity index (χ4n) is 4.28. The van der Waals surface area contributed by atoms with Crippen molar-refractivity contribution in [1.29, 1.82) is 0 Å². The Morgan fingerprint density at radius 1 is 1.10 bits per heavy atom. The number of aromatic amines is 1. The van der Waals surface area contributed by atoms with Gasteiger partial charge in [-0.1, -0.05) is 40.2 Å². The van der Waals surface area contributed by atoms with Gasteiger partial charge in [-0.15, -0.1) is 11.3 Å². The minimum Gasteiger partial charge on any atom is -0.352 e. The molecule has 1 aliphatic carbocycles. The number of fused-ring (bicyclic) bond motifs is 2. The Balaban J connectivity index is 0.000000966. The Bertz CT molecular complexity index is 1560. The first-order valence-corrected chi connectivity index (χ1v) is 14.5. The minimum atomic E-state index is -0.537. The number of nitrogens with zero attached hydrogens (tertiary/aromatic N) is 1. The second-order valence-corrected chi connectivity index (χ2v) is 10.5. The van der Waals surface area contributed by atoms with Crippen LogP contribution in [0.2, 0.25) is 0 Å². The molecule has 0 aliphatic heterocycles. The highest BCUT2D eigenvalue weighted by atomic mass is 32.1. The summed E-state index contributed by atoms with van der Waals surface area (Å²) in [5.74, 6) is -1.38. The molecule has 2 unspecified atom stereocenters. The van der Waals surface area contributed by atoms with Gasteiger partial charge in [-0.05, 0) is 60.0 Å². The van der Waals surface area contributed by atoms with Crippen LogP contribution >= 0.6 is 11.3 Å². The number of halogens is 1. The molecule has 2 aromatic heterocycles. The summed E-state index contributed by atoms with van der Waals surface area (Å²) in [6, 6.07) is 11.9. The zero-order valence-electron chi connectivity index (χ0n) is 24.3. The summed E-state index contributed by atoms with van der Waals surface area (Å²) >= 11 is 1.30. The molecule has 1 saturated carbocycles. The molecule has 1 fully saturated rings. The van der Waals surface area contributed by atoms with E-state index in [-0.39, 0.29) is 41.7 Å². The van der Waals surface area contributed by atoms with Gasteiger partial charge < -0.3 is 25.2 Å². The van der Waals surface area contributed by atoms with Crippen LogP contribution in [0, 0.1) is 11.7 Å². The van der Waals surface area contributed by atoms with Gasteiger partial charge in [0.1, 0.15) is 24.4 Å². The van der Waals surface area contributed by atoms with Gasteiger partial charge in [-0.25, -0.2) is 9.37 Å². The Hall–Kier alpha value is -4.25. The molecule has 2 heterocycles. The smallest absolute Gasteiger partial charge is 0.248 e. The number of carbonyl (C=O) groups excluding carboxylic acids is 4. The Morgan fingerprint density at radius 2 is 1.79 bits per heavy atom. The predicted molar refractivity (Wildman–Crippen MR) is 165 cm³/mol. The first-order chi connectivity index (χ1) is 20.3. The molecule has 0 saturated heterocycles. The standard InChI is InChI=1S/C27H27FN4O3S.C2H6.2CH2O/c1-3-14(2)25(26(35)29-13-24(34)30-17-6-7-17)27-32-21-11-18(19(28)12-22(21)36-27)15-4-8-20-16(10-15)5-9-23(33)31-20;3*1-2/h4-5,8-12,14,17,25H,3,6-7,13H2,1-2H3,(H,29,35)(H,30,34)(H,31,33);1-2H3;2*1H2. The van der Waals surface area contributed by atoms with Gasteiger partial charge in [0.2, 0.25) is 17.4 Å². The second-order valence-electron chi connectivity index (χ2n) is 9.40. The lowest BCUT2D eigenvalue weighted by atomic mass is 9.91. The number of H-pyrrole nitrogens is 1. The Labute approximate surface area is 247 Å². The Kier molecular flexibility index (Phi) is 13.1. The van der Waals surface area contributed by atoms with E-state index in [2.05, 4.69) is 15.6 Å². The van der Waals surface area contributed by atoms with Crippen LogP contribution < -0.4 is 16.2 Å². The van der Waals surface area contributed by atoms with Gasteiger partial charge in [-0.3, -0.25) is 14.4 Å². The molecule has 1 aliphatic rings. The number of carbonyl (C=O) groups is 4. The normalized spacial score (nSPS) is 13.3. The van der Waals surface area contributed by atoms with Crippen molar-refractivity contribution < 1.29 is 23.6 Å². The van der Waals surface area contributed by atoms with Crippen LogP contribution in [-0.2, 0) is 19.2 Å². The SMILES string of the molecule is C=O.C=O.CC.CCC(C)C(C(=O)NCC(=O)NC1CC1)c1nc2cc(-c3ccc4[nH]c(=O)ccc4c3)c(F)cc2s1. The van der Waals surface area contributed by atoms with Crippen LogP contribution in [0.1, 0.15) is 57.9 Å². The molecule has 9 nitrogen and oxygen atoms in total. The van der Waals surface area contributed by atoms with E-state index in [1.54, 1.807) is 24.3 Å². The van der Waals surface area contributed by atoms with Crippen LogP contribution in [-0.4, -0.2) is 47.9 Å². The number of thiazole rings is 1. The lowest BCUT2D eigenvalue weighted by Crippen LogP contribution is -2.40. The third-order valence-corrected chi connectivity index (χ3v) is 7.76. The molecule has 224 valence electrons. The third kappa shape index (κ3) is 8.39. The maximum Gasteiger partial charge on any atom is 0.248 e. The maximum atomic E-state index is 15.2. The summed E-state index contributed by atoms with van der Waals surface area (Å²) in [6.07, 6.45) is 2.72. The van der Waals surface area contributed by atoms with E-state index in [0.29, 0.717) is 31.9 Å². The van der Waals surface area contributed by atoms with Crippen LogP contribution in [0.3, 0.4) is 0 Å². The molecule has 0 radical (unpaired) electrons. The van der Waals surface area contributed by atoms with Gasteiger partial charge in [0.05, 0.1) is 22.7 Å². The highest BCUT2D eigenvalue weighted by molar-refractivity contribution is 7.18. The lowest BCUT2D eigenvalue weighted by molar-refractivity contribution is -0.127. The summed E-state index contributed by atoms with van der Waals surface area (Å²) in [4.78, 5) is 60.2. The highest BCUT2D eigenvalue weighted by Gasteiger charge is 2.30. The molecule has 11 heteroatoms. The lowest BCUT2D eigenvalue weighted by Gasteiger charge is -2.20. The van der Waals surface area contributed by atoms with Crippen LogP contribution in [0.25, 0.3) is 32.2 Å². The van der Waals surface area contributed by atoms with E-state index in [1.165, 1.54) is 23.5 Å². The number of pyridine rings is 1. The fourth-order valence-corrected chi connectivity index (χ4v) is 5.48. The number of amides is 2. The van der Waals surface area contributed by atoms with Crippen molar-refractivity contribution in [3.8, 4) is 11.1 Å². The average molecular weight is 597 g/mol. The summed E-state index contributed by atoms with van der Waals surface area (Å²) in [6.45, 7) is 11.9. The summed E-state index contributed by atoms with van der Waals surface area (Å²) in [5, 5.41) is 7.03. The molecule has 5 rings (SSSR count). The fraction of sp³-hybridized carbons (Fsp3) is 0.355. The molecule has 42 heavy (non-hydrogen) atoms. The van der Waals surface area contributed by atoms with E-state index in [9.17, 15) is 14.4 Å². The number of aromatic nitrogens is 2. The molecule has 2 atom stereocenters. The zero-order valence-corrected chi connectivity index (χ0v) is 25.1. The number of hydrogen-bond acceptors (Lipinski definition) is 7. The highest BCUT2D eigenvalue weighted by Crippen LogP contribution is 2.36. The van der Waals surface area contributed by atoms with Crippen LogP contribution in [0.15, 0.2) is 47.3 Å². The molecule has 0 spiro atoms. The Morgan fingerprint density at radius 3 is 2.43 bits per heavy atom. The summed E-state index contributed by atoms with van der Waals surface area (Å²) < 4.78 is 15.8. The van der Waals surface area contributed by atoms with Gasteiger partial charge in [0.15, 0.2) is 0 Å². The maximum absolute atomic E-state index is 15.2. The van der Waals surface area contributed by atoms with Crippen LogP contribution in [0.4, 0.5) is 4.39 Å². The van der Waals surface area contributed by atoms with Gasteiger partial charge in [0.25, 0.3) is 0 Å². The minimum absolute atomic E-state index is 0.0102. The molecular weight excluding hydrogens is 559 g/mol. The number of nitrogens with one attached hydrogen (secondary N) is 3. The van der Waals surface area contributed by atoms with Gasteiger partial charge in [-0.2, -0.15) is 0 Å². The number of benzene rings is 2. The third-order valence-electron chi connectivity index (χ3n) is 6.66. The first kappa shape index (κ1) is 34.0. The number of hydrogen-bond donors (Lipinski definition) is 3. The molecule has 2 aromatic carbocycles. The van der Waals surface area contributed by atoms with Gasteiger partial charge in [0, 0.05) is 23.2 Å². The van der Waals surface area contributed by atoms with Crippen molar-refractivity contribution in [2.45, 2.75) is 58.9 Å². The van der Waals surface area contributed by atoms with Crippen molar-refractivity contribution in [3.05, 3.63) is 63.6 Å². The zero-order chi connectivity index (χ0) is 31.4. The summed E-state index contributed by atoms with van der Waals surface area (Å²) in [7, 11) is 0. The molecule has 4 aromatic rings. The van der Waals surface area contributed by atoms with Crippen LogP contribution in [0.5, 0.6) is 0 Å². The molecule has 0 bridgehead atoms. The number of rotatable bonds is 8. The largest absolute Gasteiger partial charge is 0.352 e. The van der Waals surface area contributed by atoms with Gasteiger partial charge >= 0.3 is 0 Å². The monoisotopic (exact) mass is 596 g/mol. The van der Waals surface area contributed by atoms with E-state index < -0.39 is 5.92 Å². The van der Waals surface area contributed by atoms with E-state index in [0.717, 1.165) is 24.6 Å². The van der Waals surface area contributed by atoms with E-state index in [4.69, 9.17) is 14.6 Å². The molecular formula is C31H37FN4O5S. The van der Waals surface area contributed by atoms with Crippen molar-refractivity contribution in [2.24, 2.45) is 5.92 Å².